The highest BCUT2D eigenvalue weighted by Gasteiger charge is 1.95. The molecule has 0 aliphatic heterocycles. The number of hydrogen-bond acceptors (Lipinski definition) is 3. The van der Waals surface area contributed by atoms with Crippen LogP contribution in [0.2, 0.25) is 0 Å². The summed E-state index contributed by atoms with van der Waals surface area (Å²) in [6.07, 6.45) is 4.41. The summed E-state index contributed by atoms with van der Waals surface area (Å²) in [5.41, 5.74) is 0.960. The highest BCUT2D eigenvalue weighted by molar-refractivity contribution is 5.86. The molecular formula is C13H14O3. The van der Waals surface area contributed by atoms with Crippen molar-refractivity contribution in [1.82, 2.24) is 0 Å². The van der Waals surface area contributed by atoms with Gasteiger partial charge in [0, 0.05) is 6.08 Å². The lowest BCUT2D eigenvalue weighted by atomic mass is 10.2. The van der Waals surface area contributed by atoms with E-state index < -0.39 is 0 Å². The van der Waals surface area contributed by atoms with Crippen LogP contribution >= 0.6 is 0 Å². The molecule has 1 aromatic carbocycles. The van der Waals surface area contributed by atoms with Crippen LogP contribution in [0.25, 0.3) is 6.08 Å². The molecule has 1 aromatic rings. The SMILES string of the molecule is C=COCCOC(=O)C=Cc1ccccc1. The molecule has 0 aliphatic carbocycles. The molecule has 0 radical (unpaired) electrons. The Morgan fingerprint density at radius 3 is 2.69 bits per heavy atom. The molecule has 0 aliphatic rings. The zero-order chi connectivity index (χ0) is 11.6. The van der Waals surface area contributed by atoms with Gasteiger partial charge in [0.05, 0.1) is 6.26 Å². The summed E-state index contributed by atoms with van der Waals surface area (Å²) in [6, 6.07) is 9.54. The van der Waals surface area contributed by atoms with E-state index in [1.807, 2.05) is 30.3 Å². The van der Waals surface area contributed by atoms with Crippen LogP contribution in [-0.2, 0) is 14.3 Å². The van der Waals surface area contributed by atoms with Crippen LogP contribution in [0, 0.1) is 0 Å². The second kappa shape index (κ2) is 7.29. The summed E-state index contributed by atoms with van der Waals surface area (Å²) in [4.78, 5) is 11.2. The van der Waals surface area contributed by atoms with Crippen molar-refractivity contribution in [1.29, 1.82) is 0 Å². The molecule has 0 bridgehead atoms. The number of hydrogen-bond donors (Lipinski definition) is 0. The highest BCUT2D eigenvalue weighted by Crippen LogP contribution is 2.00. The van der Waals surface area contributed by atoms with Crippen molar-refractivity contribution in [3.8, 4) is 0 Å². The van der Waals surface area contributed by atoms with Crippen LogP contribution in [0.4, 0.5) is 0 Å². The van der Waals surface area contributed by atoms with Crippen LogP contribution in [0.5, 0.6) is 0 Å². The zero-order valence-electron chi connectivity index (χ0n) is 8.96. The number of ether oxygens (including phenoxy) is 2. The largest absolute Gasteiger partial charge is 0.498 e. The van der Waals surface area contributed by atoms with E-state index >= 15 is 0 Å². The van der Waals surface area contributed by atoms with Crippen molar-refractivity contribution in [3.05, 3.63) is 54.8 Å². The maximum absolute atomic E-state index is 11.2. The Hall–Kier alpha value is -2.03. The van der Waals surface area contributed by atoms with E-state index in [1.165, 1.54) is 12.3 Å². The first-order chi connectivity index (χ1) is 7.83. The van der Waals surface area contributed by atoms with Gasteiger partial charge in [-0.1, -0.05) is 36.9 Å². The molecule has 0 spiro atoms. The summed E-state index contributed by atoms with van der Waals surface area (Å²) in [7, 11) is 0. The molecule has 0 fully saturated rings. The molecular weight excluding hydrogens is 204 g/mol. The molecule has 0 heterocycles. The second-order valence-corrected chi connectivity index (χ2v) is 2.95. The number of carbonyl (C=O) groups excluding carboxylic acids is 1. The fourth-order valence-electron chi connectivity index (χ4n) is 1.05. The first-order valence-electron chi connectivity index (χ1n) is 4.95. The summed E-state index contributed by atoms with van der Waals surface area (Å²) in [6.45, 7) is 3.93. The fraction of sp³-hybridized carbons (Fsp3) is 0.154. The first-order valence-corrected chi connectivity index (χ1v) is 4.95. The van der Waals surface area contributed by atoms with E-state index in [2.05, 4.69) is 6.58 Å². The van der Waals surface area contributed by atoms with Gasteiger partial charge >= 0.3 is 5.97 Å². The molecule has 0 unspecified atom stereocenters. The maximum Gasteiger partial charge on any atom is 0.330 e. The van der Waals surface area contributed by atoms with E-state index in [0.717, 1.165) is 5.56 Å². The lowest BCUT2D eigenvalue weighted by Gasteiger charge is -2.00. The van der Waals surface area contributed by atoms with Gasteiger partial charge < -0.3 is 9.47 Å². The average Bonchev–Trinajstić information content (AvgIpc) is 2.33. The van der Waals surface area contributed by atoms with Gasteiger partial charge in [0.2, 0.25) is 0 Å². The second-order valence-electron chi connectivity index (χ2n) is 2.95. The molecule has 16 heavy (non-hydrogen) atoms. The normalized spacial score (nSPS) is 10.0. The Bertz CT molecular complexity index is 355. The fourth-order valence-corrected chi connectivity index (χ4v) is 1.05. The Morgan fingerprint density at radius 2 is 2.00 bits per heavy atom. The minimum absolute atomic E-state index is 0.226. The minimum Gasteiger partial charge on any atom is -0.498 e. The average molecular weight is 218 g/mol. The third-order valence-corrected chi connectivity index (χ3v) is 1.77. The molecule has 1 rings (SSSR count). The third-order valence-electron chi connectivity index (χ3n) is 1.77. The minimum atomic E-state index is -0.378. The van der Waals surface area contributed by atoms with Crippen molar-refractivity contribution in [2.45, 2.75) is 0 Å². The maximum atomic E-state index is 11.2. The molecule has 3 nitrogen and oxygen atoms in total. The summed E-state index contributed by atoms with van der Waals surface area (Å²) >= 11 is 0. The van der Waals surface area contributed by atoms with Crippen LogP contribution in [-0.4, -0.2) is 19.2 Å². The first kappa shape index (κ1) is 12.0. The smallest absolute Gasteiger partial charge is 0.330 e. The summed E-state index contributed by atoms with van der Waals surface area (Å²) in [5.74, 6) is -0.378. The molecule has 0 aromatic heterocycles. The zero-order valence-corrected chi connectivity index (χ0v) is 8.96. The van der Waals surface area contributed by atoms with Gasteiger partial charge in [0.1, 0.15) is 13.2 Å². The molecule has 0 atom stereocenters. The van der Waals surface area contributed by atoms with E-state index in [-0.39, 0.29) is 12.6 Å². The monoisotopic (exact) mass is 218 g/mol. The molecule has 84 valence electrons. The Labute approximate surface area is 95.0 Å². The predicted octanol–water partition coefficient (Wildman–Crippen LogP) is 2.40. The van der Waals surface area contributed by atoms with E-state index in [4.69, 9.17) is 9.47 Å². The van der Waals surface area contributed by atoms with Crippen molar-refractivity contribution < 1.29 is 14.3 Å². The number of carbonyl (C=O) groups is 1. The van der Waals surface area contributed by atoms with E-state index in [9.17, 15) is 4.79 Å². The number of benzene rings is 1. The van der Waals surface area contributed by atoms with Gasteiger partial charge in [0.25, 0.3) is 0 Å². The van der Waals surface area contributed by atoms with Crippen molar-refractivity contribution in [2.24, 2.45) is 0 Å². The van der Waals surface area contributed by atoms with Crippen molar-refractivity contribution in [2.75, 3.05) is 13.2 Å². The van der Waals surface area contributed by atoms with E-state index in [1.54, 1.807) is 6.08 Å². The van der Waals surface area contributed by atoms with Gasteiger partial charge in [-0.05, 0) is 11.6 Å². The van der Waals surface area contributed by atoms with Gasteiger partial charge in [0.15, 0.2) is 0 Å². The topological polar surface area (TPSA) is 35.5 Å². The van der Waals surface area contributed by atoms with Gasteiger partial charge in [-0.3, -0.25) is 0 Å². The Kier molecular flexibility index (Phi) is 5.48. The van der Waals surface area contributed by atoms with Gasteiger partial charge in [-0.25, -0.2) is 4.79 Å². The quantitative estimate of drug-likeness (QED) is 0.318. The molecule has 3 heteroatoms. The molecule has 0 saturated heterocycles. The Morgan fingerprint density at radius 1 is 1.25 bits per heavy atom. The van der Waals surface area contributed by atoms with Crippen molar-refractivity contribution >= 4 is 12.0 Å². The standard InChI is InChI=1S/C13H14O3/c1-2-15-10-11-16-13(14)9-8-12-6-4-3-5-7-12/h2-9H,1,10-11H2. The predicted molar refractivity (Wildman–Crippen MR) is 62.6 cm³/mol. The molecule has 0 saturated carbocycles. The van der Waals surface area contributed by atoms with Crippen LogP contribution < -0.4 is 0 Å². The number of rotatable bonds is 6. The van der Waals surface area contributed by atoms with E-state index in [0.29, 0.717) is 6.61 Å². The Balaban J connectivity index is 2.29. The van der Waals surface area contributed by atoms with Crippen LogP contribution in [0.15, 0.2) is 49.2 Å². The van der Waals surface area contributed by atoms with Crippen LogP contribution in [0.3, 0.4) is 0 Å². The lowest BCUT2D eigenvalue weighted by Crippen LogP contribution is -2.06. The number of esters is 1. The lowest BCUT2D eigenvalue weighted by molar-refractivity contribution is -0.138. The van der Waals surface area contributed by atoms with Crippen LogP contribution in [0.1, 0.15) is 5.56 Å². The summed E-state index contributed by atoms with van der Waals surface area (Å²) < 4.78 is 9.68. The summed E-state index contributed by atoms with van der Waals surface area (Å²) in [5, 5.41) is 0. The highest BCUT2D eigenvalue weighted by atomic mass is 16.6. The molecule has 0 N–H and O–H groups in total. The third kappa shape index (κ3) is 5.00. The molecule has 0 amide bonds. The van der Waals surface area contributed by atoms with Gasteiger partial charge in [-0.15, -0.1) is 0 Å². The van der Waals surface area contributed by atoms with Crippen molar-refractivity contribution in [3.63, 3.8) is 0 Å². The van der Waals surface area contributed by atoms with Gasteiger partial charge in [-0.2, -0.15) is 0 Å².